The van der Waals surface area contributed by atoms with Crippen LogP contribution in [0.5, 0.6) is 0 Å². The summed E-state index contributed by atoms with van der Waals surface area (Å²) in [6.07, 6.45) is 0. The van der Waals surface area contributed by atoms with Gasteiger partial charge in [-0.3, -0.25) is 0 Å². The van der Waals surface area contributed by atoms with Gasteiger partial charge in [0.05, 0.1) is 9.52 Å². The monoisotopic (exact) mass is 216 g/mol. The molecule has 70 valence electrons. The summed E-state index contributed by atoms with van der Waals surface area (Å²) in [6.45, 7) is 2.30. The van der Waals surface area contributed by atoms with Gasteiger partial charge >= 0.3 is 0 Å². The lowest BCUT2D eigenvalue weighted by Crippen LogP contribution is -2.18. The van der Waals surface area contributed by atoms with E-state index in [2.05, 4.69) is 54.8 Å². The summed E-state index contributed by atoms with van der Waals surface area (Å²) in [5.74, 6) is 0. The predicted molar refractivity (Wildman–Crippen MR) is 64.6 cm³/mol. The predicted octanol–water partition coefficient (Wildman–Crippen LogP) is 2.84. The summed E-state index contributed by atoms with van der Waals surface area (Å²) in [4.78, 5) is 1.49. The van der Waals surface area contributed by atoms with Gasteiger partial charge in [-0.05, 0) is 17.0 Å². The van der Waals surface area contributed by atoms with Crippen LogP contribution in [0.25, 0.3) is 0 Å². The molecule has 0 spiro atoms. The Morgan fingerprint density at radius 3 is 2.50 bits per heavy atom. The zero-order valence-corrected chi connectivity index (χ0v) is 9.92. The molecule has 14 heavy (non-hydrogen) atoms. The third-order valence-electron chi connectivity index (χ3n) is 2.13. The number of hydrogen-bond donors (Lipinski definition) is 0. The molecule has 0 nitrogen and oxygen atoms in total. The van der Waals surface area contributed by atoms with Gasteiger partial charge in [-0.15, -0.1) is 11.3 Å². The Labute approximate surface area is 91.4 Å². The molecule has 2 aromatic rings. The molecule has 1 aromatic carbocycles. The number of rotatable bonds is 3. The lowest BCUT2D eigenvalue weighted by molar-refractivity contribution is 1.11. The number of thiophene rings is 1. The van der Waals surface area contributed by atoms with Crippen LogP contribution in [0, 0.1) is 0 Å². The highest BCUT2D eigenvalue weighted by atomic mass is 32.1. The molecule has 2 rings (SSSR count). The Kier molecular flexibility index (Phi) is 3.17. The lowest BCUT2D eigenvalue weighted by atomic mass is 10.4. The number of hydrogen-bond acceptors (Lipinski definition) is 1. The minimum atomic E-state index is 0.664. The van der Waals surface area contributed by atoms with E-state index in [-0.39, 0.29) is 0 Å². The first-order valence-corrected chi connectivity index (χ1v) is 6.67. The molecule has 0 aliphatic heterocycles. The average molecular weight is 216 g/mol. The minimum absolute atomic E-state index is 0.664. The van der Waals surface area contributed by atoms with E-state index in [0.717, 1.165) is 9.52 Å². The van der Waals surface area contributed by atoms with Crippen molar-refractivity contribution in [1.82, 2.24) is 0 Å². The maximum Gasteiger partial charge on any atom is 0.0896 e. The van der Waals surface area contributed by atoms with Gasteiger partial charge in [0.25, 0.3) is 0 Å². The van der Waals surface area contributed by atoms with Crippen LogP contribution in [0.1, 0.15) is 17.3 Å². The summed E-state index contributed by atoms with van der Waals surface area (Å²) < 4.78 is 0. The third-order valence-corrected chi connectivity index (χ3v) is 4.80. The Hall–Kier alpha value is -0.863. The van der Waals surface area contributed by atoms with Gasteiger partial charge in [-0.2, -0.15) is 0 Å². The highest BCUT2D eigenvalue weighted by Gasteiger charge is 2.07. The molecular weight excluding hydrogens is 204 g/mol. The van der Waals surface area contributed by atoms with Gasteiger partial charge in [0, 0.05) is 4.88 Å². The first kappa shape index (κ1) is 9.68. The van der Waals surface area contributed by atoms with Crippen LogP contribution in [0.3, 0.4) is 0 Å². The minimum Gasteiger partial charge on any atom is -0.149 e. The third kappa shape index (κ3) is 2.34. The Balaban J connectivity index is 2.06. The molecule has 0 saturated carbocycles. The summed E-state index contributed by atoms with van der Waals surface area (Å²) in [5.41, 5.74) is 0.664. The van der Waals surface area contributed by atoms with E-state index in [1.807, 2.05) is 11.3 Å². The van der Waals surface area contributed by atoms with Gasteiger partial charge in [0.15, 0.2) is 0 Å². The molecule has 0 aliphatic rings. The van der Waals surface area contributed by atoms with Crippen molar-refractivity contribution in [3.05, 3.63) is 52.7 Å². The molecule has 0 amide bonds. The second-order valence-electron chi connectivity index (χ2n) is 3.25. The van der Waals surface area contributed by atoms with Crippen molar-refractivity contribution in [2.75, 3.05) is 0 Å². The average Bonchev–Trinajstić information content (AvgIpc) is 2.72. The molecule has 2 heteroatoms. The molecule has 0 saturated heterocycles. The molecule has 0 N–H and O–H groups in total. The summed E-state index contributed by atoms with van der Waals surface area (Å²) in [6, 6.07) is 15.1. The normalized spacial score (nSPS) is 12.6. The fourth-order valence-electron chi connectivity index (χ4n) is 1.39. The molecule has 1 unspecified atom stereocenters. The van der Waals surface area contributed by atoms with E-state index >= 15 is 0 Å². The second-order valence-corrected chi connectivity index (χ2v) is 5.96. The highest BCUT2D eigenvalue weighted by molar-refractivity contribution is 7.10. The second kappa shape index (κ2) is 4.58. The zero-order valence-electron chi connectivity index (χ0n) is 8.10. The van der Waals surface area contributed by atoms with E-state index in [9.17, 15) is 0 Å². The maximum atomic E-state index is 2.30. The van der Waals surface area contributed by atoms with Crippen LogP contribution in [0.4, 0.5) is 0 Å². The van der Waals surface area contributed by atoms with Crippen LogP contribution in [0.15, 0.2) is 47.8 Å². The lowest BCUT2D eigenvalue weighted by Gasteiger charge is -2.07. The van der Waals surface area contributed by atoms with Crippen LogP contribution in [-0.4, -0.2) is 9.52 Å². The van der Waals surface area contributed by atoms with Crippen molar-refractivity contribution in [2.45, 2.75) is 12.5 Å². The van der Waals surface area contributed by atoms with Crippen LogP contribution in [0.2, 0.25) is 0 Å². The van der Waals surface area contributed by atoms with E-state index in [0.29, 0.717) is 5.54 Å². The van der Waals surface area contributed by atoms with Crippen molar-refractivity contribution in [2.24, 2.45) is 0 Å². The molecular formula is C12H12SSi. The highest BCUT2D eigenvalue weighted by Crippen LogP contribution is 2.19. The van der Waals surface area contributed by atoms with Gasteiger partial charge in [-0.25, -0.2) is 0 Å². The van der Waals surface area contributed by atoms with E-state index < -0.39 is 0 Å². The molecule has 0 aliphatic carbocycles. The smallest absolute Gasteiger partial charge is 0.0896 e. The molecule has 2 radical (unpaired) electrons. The molecule has 0 bridgehead atoms. The summed E-state index contributed by atoms with van der Waals surface area (Å²) in [5, 5.41) is 3.61. The molecule has 1 aromatic heterocycles. The molecule has 1 heterocycles. The largest absolute Gasteiger partial charge is 0.149 e. The zero-order chi connectivity index (χ0) is 9.80. The SMILES string of the molecule is CC([Si]c1ccccc1)c1cccs1. The number of benzene rings is 1. The van der Waals surface area contributed by atoms with Gasteiger partial charge < -0.3 is 0 Å². The standard InChI is InChI=1S/C12H12SSi/c1-10(12-8-5-9-13-12)14-11-6-3-2-4-7-11/h2-10H,1H3. The fourth-order valence-corrected chi connectivity index (χ4v) is 3.57. The van der Waals surface area contributed by atoms with Crippen molar-refractivity contribution in [3.63, 3.8) is 0 Å². The maximum absolute atomic E-state index is 2.30. The first-order chi connectivity index (χ1) is 6.86. The quantitative estimate of drug-likeness (QED) is 0.692. The van der Waals surface area contributed by atoms with Crippen molar-refractivity contribution >= 4 is 26.0 Å². The van der Waals surface area contributed by atoms with Crippen LogP contribution in [-0.2, 0) is 0 Å². The Morgan fingerprint density at radius 2 is 1.86 bits per heavy atom. The summed E-state index contributed by atoms with van der Waals surface area (Å²) >= 11 is 1.86. The molecule has 0 fully saturated rings. The van der Waals surface area contributed by atoms with Crippen molar-refractivity contribution in [3.8, 4) is 0 Å². The van der Waals surface area contributed by atoms with Crippen LogP contribution < -0.4 is 5.19 Å². The van der Waals surface area contributed by atoms with E-state index in [4.69, 9.17) is 0 Å². The Morgan fingerprint density at radius 1 is 1.07 bits per heavy atom. The summed E-state index contributed by atoms with van der Waals surface area (Å²) in [7, 11) is 0.883. The Bertz CT molecular complexity index is 366. The van der Waals surface area contributed by atoms with Gasteiger partial charge in [0.2, 0.25) is 0 Å². The van der Waals surface area contributed by atoms with E-state index in [1.165, 1.54) is 10.1 Å². The van der Waals surface area contributed by atoms with Crippen molar-refractivity contribution < 1.29 is 0 Å². The topological polar surface area (TPSA) is 0 Å². The van der Waals surface area contributed by atoms with Gasteiger partial charge in [0.1, 0.15) is 0 Å². The van der Waals surface area contributed by atoms with Gasteiger partial charge in [-0.1, -0.05) is 48.5 Å². The molecule has 1 atom stereocenters. The van der Waals surface area contributed by atoms with Crippen molar-refractivity contribution in [1.29, 1.82) is 0 Å². The fraction of sp³-hybridized carbons (Fsp3) is 0.167. The van der Waals surface area contributed by atoms with E-state index in [1.54, 1.807) is 0 Å². The van der Waals surface area contributed by atoms with Crippen LogP contribution >= 0.6 is 11.3 Å². The first-order valence-electron chi connectivity index (χ1n) is 4.71.